The quantitative estimate of drug-likeness (QED) is 0.298. The minimum Gasteiger partial charge on any atom is -0.348 e. The van der Waals surface area contributed by atoms with E-state index in [0.717, 1.165) is 33.1 Å². The number of nitrogens with one attached hydrogen (secondary N) is 1. The number of amides is 1. The average molecular weight is 511 g/mol. The Hall–Kier alpha value is -2.90. The Bertz CT molecular complexity index is 1290. The van der Waals surface area contributed by atoms with Crippen molar-refractivity contribution >= 4 is 45.6 Å². The van der Waals surface area contributed by atoms with Crippen LogP contribution in [0.3, 0.4) is 0 Å². The highest BCUT2D eigenvalue weighted by Gasteiger charge is 2.11. The molecule has 1 aromatic heterocycles. The predicted molar refractivity (Wildman–Crippen MR) is 142 cm³/mol. The highest BCUT2D eigenvalue weighted by molar-refractivity contribution is 7.14. The summed E-state index contributed by atoms with van der Waals surface area (Å²) in [6.45, 7) is 1.61. The smallest absolute Gasteiger partial charge is 0.251 e. The Morgan fingerprint density at radius 3 is 2.50 bits per heavy atom. The van der Waals surface area contributed by atoms with Crippen LogP contribution in [0, 0.1) is 0 Å². The number of aromatic nitrogens is 1. The monoisotopic (exact) mass is 510 g/mol. The molecule has 174 valence electrons. The molecule has 3 N–H and O–H groups in total. The molecule has 0 unspecified atom stereocenters. The number of anilines is 1. The largest absolute Gasteiger partial charge is 0.348 e. The van der Waals surface area contributed by atoms with Crippen molar-refractivity contribution in [1.82, 2.24) is 10.3 Å². The van der Waals surface area contributed by atoms with Crippen LogP contribution in [-0.2, 0) is 19.6 Å². The van der Waals surface area contributed by atoms with E-state index in [4.69, 9.17) is 33.9 Å². The summed E-state index contributed by atoms with van der Waals surface area (Å²) in [6.07, 6.45) is 0. The van der Waals surface area contributed by atoms with Crippen LogP contribution in [0.15, 0.2) is 72.1 Å². The fourth-order valence-electron chi connectivity index (χ4n) is 3.48. The van der Waals surface area contributed by atoms with Crippen LogP contribution < -0.4 is 16.0 Å². The van der Waals surface area contributed by atoms with Gasteiger partial charge in [-0.3, -0.25) is 4.79 Å². The Morgan fingerprint density at radius 1 is 1.00 bits per heavy atom. The lowest BCUT2D eigenvalue weighted by atomic mass is 10.1. The number of nitrogens with two attached hydrogens (primary N) is 1. The van der Waals surface area contributed by atoms with Gasteiger partial charge in [0.2, 0.25) is 0 Å². The third-order valence-corrected chi connectivity index (χ3v) is 7.04. The summed E-state index contributed by atoms with van der Waals surface area (Å²) in [6, 6.07) is 21.0. The lowest BCUT2D eigenvalue weighted by molar-refractivity contribution is 0.0951. The number of benzene rings is 3. The van der Waals surface area contributed by atoms with E-state index in [0.29, 0.717) is 35.2 Å². The molecule has 34 heavy (non-hydrogen) atoms. The lowest BCUT2D eigenvalue weighted by Crippen LogP contribution is -2.23. The highest BCUT2D eigenvalue weighted by atomic mass is 35.5. The summed E-state index contributed by atoms with van der Waals surface area (Å²) < 4.78 is 0. The SMILES string of the molecule is CN(Cc1ccc(C(=O)NCc2cccc(CN)c2)cc1)c1nc(-c2ccc(Cl)c(Cl)c2)cs1. The van der Waals surface area contributed by atoms with E-state index in [1.54, 1.807) is 17.4 Å². The van der Waals surface area contributed by atoms with Gasteiger partial charge in [-0.05, 0) is 41.0 Å². The van der Waals surface area contributed by atoms with Crippen LogP contribution in [0.5, 0.6) is 0 Å². The number of rotatable bonds is 8. The average Bonchev–Trinajstić information content (AvgIpc) is 3.35. The first-order valence-electron chi connectivity index (χ1n) is 10.7. The fraction of sp³-hybridized carbons (Fsp3) is 0.154. The van der Waals surface area contributed by atoms with Crippen LogP contribution in [-0.4, -0.2) is 17.9 Å². The van der Waals surface area contributed by atoms with E-state index in [-0.39, 0.29) is 5.91 Å². The summed E-state index contributed by atoms with van der Waals surface area (Å²) in [5.41, 5.74) is 11.2. The number of carbonyl (C=O) groups excluding carboxylic acids is 1. The van der Waals surface area contributed by atoms with Crippen molar-refractivity contribution in [2.24, 2.45) is 5.73 Å². The highest BCUT2D eigenvalue weighted by Crippen LogP contribution is 2.31. The van der Waals surface area contributed by atoms with Gasteiger partial charge >= 0.3 is 0 Å². The molecule has 0 bridgehead atoms. The van der Waals surface area contributed by atoms with Crippen molar-refractivity contribution in [3.05, 3.63) is 104 Å². The first-order valence-corrected chi connectivity index (χ1v) is 12.3. The van der Waals surface area contributed by atoms with Gasteiger partial charge in [0, 0.05) is 43.2 Å². The molecule has 8 heteroatoms. The van der Waals surface area contributed by atoms with Gasteiger partial charge in [0.25, 0.3) is 5.91 Å². The van der Waals surface area contributed by atoms with Crippen molar-refractivity contribution in [3.8, 4) is 11.3 Å². The normalized spacial score (nSPS) is 10.8. The Balaban J connectivity index is 1.35. The molecule has 1 heterocycles. The second kappa shape index (κ2) is 11.0. The van der Waals surface area contributed by atoms with Crippen LogP contribution in [0.2, 0.25) is 10.0 Å². The van der Waals surface area contributed by atoms with Crippen LogP contribution in [0.1, 0.15) is 27.0 Å². The molecular formula is C26H24Cl2N4OS. The first-order chi connectivity index (χ1) is 16.4. The Morgan fingerprint density at radius 2 is 1.76 bits per heavy atom. The zero-order chi connectivity index (χ0) is 24.1. The van der Waals surface area contributed by atoms with Gasteiger partial charge in [-0.2, -0.15) is 0 Å². The van der Waals surface area contributed by atoms with Crippen LogP contribution in [0.25, 0.3) is 11.3 Å². The molecule has 0 aliphatic heterocycles. The van der Waals surface area contributed by atoms with Crippen LogP contribution >= 0.6 is 34.5 Å². The Kier molecular flexibility index (Phi) is 7.85. The van der Waals surface area contributed by atoms with Crippen molar-refractivity contribution in [3.63, 3.8) is 0 Å². The summed E-state index contributed by atoms with van der Waals surface area (Å²) in [5.74, 6) is -0.107. The van der Waals surface area contributed by atoms with Gasteiger partial charge in [-0.15, -0.1) is 11.3 Å². The van der Waals surface area contributed by atoms with Crippen molar-refractivity contribution in [2.45, 2.75) is 19.6 Å². The first kappa shape index (κ1) is 24.2. The van der Waals surface area contributed by atoms with Gasteiger partial charge in [0.15, 0.2) is 5.13 Å². The number of thiazole rings is 1. The number of hydrogen-bond acceptors (Lipinski definition) is 5. The molecule has 4 aromatic rings. The maximum absolute atomic E-state index is 12.5. The maximum atomic E-state index is 12.5. The Labute approximate surface area is 213 Å². The third kappa shape index (κ3) is 5.96. The van der Waals surface area contributed by atoms with Crippen molar-refractivity contribution < 1.29 is 4.79 Å². The molecule has 0 atom stereocenters. The minimum absolute atomic E-state index is 0.107. The lowest BCUT2D eigenvalue weighted by Gasteiger charge is -2.16. The third-order valence-electron chi connectivity index (χ3n) is 5.35. The van der Waals surface area contributed by atoms with E-state index < -0.39 is 0 Å². The minimum atomic E-state index is -0.107. The zero-order valence-corrected chi connectivity index (χ0v) is 20.9. The van der Waals surface area contributed by atoms with Gasteiger partial charge in [0.05, 0.1) is 15.7 Å². The number of hydrogen-bond donors (Lipinski definition) is 2. The summed E-state index contributed by atoms with van der Waals surface area (Å²) in [7, 11) is 1.99. The van der Waals surface area contributed by atoms with Crippen molar-refractivity contribution in [1.29, 1.82) is 0 Å². The predicted octanol–water partition coefficient (Wildman–Crippen LogP) is 6.14. The number of carbonyl (C=O) groups is 1. The second-order valence-corrected chi connectivity index (χ2v) is 9.55. The molecule has 0 aliphatic carbocycles. The standard InChI is InChI=1S/C26H24Cl2N4OS/c1-32(26-31-24(16-34-26)21-9-10-22(27)23(28)12-21)15-17-5-7-20(8-6-17)25(33)30-14-19-4-2-3-18(11-19)13-29/h2-12,16H,13-15,29H2,1H3,(H,30,33). The molecule has 0 saturated heterocycles. The van der Waals surface area contributed by atoms with Crippen molar-refractivity contribution in [2.75, 3.05) is 11.9 Å². The maximum Gasteiger partial charge on any atom is 0.251 e. The molecular weight excluding hydrogens is 487 g/mol. The van der Waals surface area contributed by atoms with Gasteiger partial charge in [-0.25, -0.2) is 4.98 Å². The number of nitrogens with zero attached hydrogens (tertiary/aromatic N) is 2. The van der Waals surface area contributed by atoms with Gasteiger partial charge in [-0.1, -0.05) is 65.7 Å². The molecule has 5 nitrogen and oxygen atoms in total. The molecule has 0 saturated carbocycles. The topological polar surface area (TPSA) is 71.2 Å². The molecule has 0 fully saturated rings. The fourth-order valence-corrected chi connectivity index (χ4v) is 4.58. The second-order valence-electron chi connectivity index (χ2n) is 7.90. The van der Waals surface area contributed by atoms with Gasteiger partial charge < -0.3 is 16.0 Å². The molecule has 4 rings (SSSR count). The summed E-state index contributed by atoms with van der Waals surface area (Å²) >= 11 is 13.7. The molecule has 1 amide bonds. The van der Waals surface area contributed by atoms with Gasteiger partial charge in [0.1, 0.15) is 0 Å². The van der Waals surface area contributed by atoms with E-state index in [1.807, 2.05) is 73.1 Å². The van der Waals surface area contributed by atoms with Crippen LogP contribution in [0.4, 0.5) is 5.13 Å². The molecule has 0 spiro atoms. The zero-order valence-electron chi connectivity index (χ0n) is 18.6. The summed E-state index contributed by atoms with van der Waals surface area (Å²) in [4.78, 5) is 19.3. The van der Waals surface area contributed by atoms with E-state index in [2.05, 4.69) is 10.2 Å². The molecule has 3 aromatic carbocycles. The molecule has 0 aliphatic rings. The summed E-state index contributed by atoms with van der Waals surface area (Å²) in [5, 5.41) is 6.89. The number of halogens is 2. The van der Waals surface area contributed by atoms with E-state index in [1.165, 1.54) is 0 Å². The van der Waals surface area contributed by atoms with E-state index in [9.17, 15) is 4.79 Å². The molecule has 0 radical (unpaired) electrons. The van der Waals surface area contributed by atoms with E-state index >= 15 is 0 Å².